The third kappa shape index (κ3) is 2.31. The van der Waals surface area contributed by atoms with Crippen LogP contribution in [0.3, 0.4) is 0 Å². The minimum atomic E-state index is -4.45. The van der Waals surface area contributed by atoms with Gasteiger partial charge in [-0.25, -0.2) is 4.98 Å². The molecule has 1 aromatic heterocycles. The molecule has 0 saturated carbocycles. The Bertz CT molecular complexity index is 824. The zero-order valence-electron chi connectivity index (χ0n) is 10.5. The Morgan fingerprint density at radius 3 is 2.52 bits per heavy atom. The van der Waals surface area contributed by atoms with Gasteiger partial charge in [-0.1, -0.05) is 23.7 Å². The molecule has 2 N–H and O–H groups in total. The summed E-state index contributed by atoms with van der Waals surface area (Å²) in [6, 6.07) is 10.1. The van der Waals surface area contributed by atoms with Crippen LogP contribution in [0.1, 0.15) is 5.56 Å². The summed E-state index contributed by atoms with van der Waals surface area (Å²) in [5.41, 5.74) is 6.36. The monoisotopic (exact) mass is 311 g/mol. The summed E-state index contributed by atoms with van der Waals surface area (Å²) < 4.78 is 40.0. The second-order valence-corrected chi connectivity index (χ2v) is 4.87. The van der Waals surface area contributed by atoms with Crippen molar-refractivity contribution in [2.24, 2.45) is 0 Å². The molecule has 0 atom stereocenters. The summed E-state index contributed by atoms with van der Waals surface area (Å²) in [6.07, 6.45) is -4.45. The molecule has 3 aromatic rings. The largest absolute Gasteiger partial charge is 0.416 e. The molecule has 1 heterocycles. The van der Waals surface area contributed by atoms with Crippen molar-refractivity contribution in [2.45, 2.75) is 6.18 Å². The van der Waals surface area contributed by atoms with Crippen LogP contribution in [0.25, 0.3) is 16.7 Å². The van der Waals surface area contributed by atoms with Crippen LogP contribution < -0.4 is 5.73 Å². The van der Waals surface area contributed by atoms with Crippen LogP contribution in [0.15, 0.2) is 42.5 Å². The van der Waals surface area contributed by atoms with E-state index in [0.717, 1.165) is 12.1 Å². The van der Waals surface area contributed by atoms with E-state index in [1.807, 2.05) is 0 Å². The van der Waals surface area contributed by atoms with E-state index < -0.39 is 11.7 Å². The van der Waals surface area contributed by atoms with Gasteiger partial charge in [-0.05, 0) is 30.3 Å². The van der Waals surface area contributed by atoms with Gasteiger partial charge in [-0.3, -0.25) is 4.57 Å². The molecule has 108 valence electrons. The van der Waals surface area contributed by atoms with Crippen molar-refractivity contribution in [3.8, 4) is 5.69 Å². The van der Waals surface area contributed by atoms with Gasteiger partial charge in [-0.15, -0.1) is 0 Å². The van der Waals surface area contributed by atoms with E-state index in [-0.39, 0.29) is 16.7 Å². The molecule has 3 rings (SSSR count). The summed E-state index contributed by atoms with van der Waals surface area (Å²) in [6.45, 7) is 0. The van der Waals surface area contributed by atoms with Crippen LogP contribution in [0, 0.1) is 0 Å². The molecular weight excluding hydrogens is 303 g/mol. The Balaban J connectivity index is 2.30. The SMILES string of the molecule is Nc1nc2ccccc2n1-c1cc(C(F)(F)F)ccc1Cl. The fourth-order valence-corrected chi connectivity index (χ4v) is 2.36. The molecule has 0 saturated heterocycles. The number of hydrogen-bond acceptors (Lipinski definition) is 2. The Labute approximate surface area is 122 Å². The van der Waals surface area contributed by atoms with E-state index in [9.17, 15) is 13.2 Å². The van der Waals surface area contributed by atoms with Gasteiger partial charge < -0.3 is 5.73 Å². The number of rotatable bonds is 1. The molecule has 0 radical (unpaired) electrons. The predicted molar refractivity (Wildman–Crippen MR) is 75.5 cm³/mol. The minimum Gasteiger partial charge on any atom is -0.369 e. The Kier molecular flexibility index (Phi) is 3.06. The second kappa shape index (κ2) is 4.66. The van der Waals surface area contributed by atoms with Crippen molar-refractivity contribution >= 4 is 28.6 Å². The van der Waals surface area contributed by atoms with Crippen molar-refractivity contribution in [3.05, 3.63) is 53.1 Å². The highest BCUT2D eigenvalue weighted by Crippen LogP contribution is 2.35. The van der Waals surface area contributed by atoms with Crippen molar-refractivity contribution < 1.29 is 13.2 Å². The van der Waals surface area contributed by atoms with Crippen molar-refractivity contribution in [1.82, 2.24) is 9.55 Å². The predicted octanol–water partition coefficient (Wildman–Crippen LogP) is 4.28. The van der Waals surface area contributed by atoms with Gasteiger partial charge in [0.25, 0.3) is 0 Å². The van der Waals surface area contributed by atoms with Gasteiger partial charge in [0.15, 0.2) is 0 Å². The second-order valence-electron chi connectivity index (χ2n) is 4.46. The maximum Gasteiger partial charge on any atom is 0.416 e. The smallest absolute Gasteiger partial charge is 0.369 e. The molecule has 0 aliphatic heterocycles. The number of nitrogens with two attached hydrogens (primary N) is 1. The molecule has 21 heavy (non-hydrogen) atoms. The lowest BCUT2D eigenvalue weighted by atomic mass is 10.2. The molecule has 0 spiro atoms. The number of halogens is 4. The maximum atomic E-state index is 12.9. The topological polar surface area (TPSA) is 43.8 Å². The quantitative estimate of drug-likeness (QED) is 0.729. The van der Waals surface area contributed by atoms with Crippen LogP contribution in [-0.4, -0.2) is 9.55 Å². The lowest BCUT2D eigenvalue weighted by Crippen LogP contribution is -2.08. The van der Waals surface area contributed by atoms with Crippen molar-refractivity contribution in [1.29, 1.82) is 0 Å². The Morgan fingerprint density at radius 2 is 1.81 bits per heavy atom. The number of para-hydroxylation sites is 2. The minimum absolute atomic E-state index is 0.0809. The highest BCUT2D eigenvalue weighted by atomic mass is 35.5. The van der Waals surface area contributed by atoms with E-state index in [2.05, 4.69) is 4.98 Å². The molecule has 2 aromatic carbocycles. The highest BCUT2D eigenvalue weighted by Gasteiger charge is 2.31. The van der Waals surface area contributed by atoms with E-state index in [1.54, 1.807) is 24.3 Å². The fraction of sp³-hybridized carbons (Fsp3) is 0.0714. The number of hydrogen-bond donors (Lipinski definition) is 1. The molecule has 0 bridgehead atoms. The normalized spacial score (nSPS) is 12.0. The standard InChI is InChI=1S/C14H9ClF3N3/c15-9-6-5-8(14(16,17)18)7-12(9)21-11-4-2-1-3-10(11)20-13(21)19/h1-7H,(H2,19,20). The molecule has 0 aliphatic rings. The van der Waals surface area contributed by atoms with Crippen LogP contribution in [-0.2, 0) is 6.18 Å². The Morgan fingerprint density at radius 1 is 1.10 bits per heavy atom. The number of imidazole rings is 1. The summed E-state index contributed by atoms with van der Waals surface area (Å²) in [4.78, 5) is 4.12. The highest BCUT2D eigenvalue weighted by molar-refractivity contribution is 6.32. The number of nitrogens with zero attached hydrogens (tertiary/aromatic N) is 2. The van der Waals surface area contributed by atoms with Crippen molar-refractivity contribution in [3.63, 3.8) is 0 Å². The fourth-order valence-electron chi connectivity index (χ4n) is 2.16. The zero-order chi connectivity index (χ0) is 15.2. The molecule has 7 heteroatoms. The van der Waals surface area contributed by atoms with Gasteiger partial charge in [0.1, 0.15) is 0 Å². The zero-order valence-corrected chi connectivity index (χ0v) is 11.3. The first-order chi connectivity index (χ1) is 9.88. The van der Waals surface area contributed by atoms with Crippen LogP contribution in [0.2, 0.25) is 5.02 Å². The van der Waals surface area contributed by atoms with Gasteiger partial charge >= 0.3 is 6.18 Å². The molecule has 0 fully saturated rings. The maximum absolute atomic E-state index is 12.9. The first-order valence-electron chi connectivity index (χ1n) is 5.98. The summed E-state index contributed by atoms with van der Waals surface area (Å²) in [5.74, 6) is 0.0809. The Hall–Kier alpha value is -2.21. The van der Waals surface area contributed by atoms with E-state index in [4.69, 9.17) is 17.3 Å². The van der Waals surface area contributed by atoms with Crippen LogP contribution in [0.4, 0.5) is 19.1 Å². The molecule has 0 amide bonds. The van der Waals surface area contributed by atoms with E-state index in [0.29, 0.717) is 11.0 Å². The first-order valence-corrected chi connectivity index (χ1v) is 6.36. The number of fused-ring (bicyclic) bond motifs is 1. The number of alkyl halides is 3. The first kappa shape index (κ1) is 13.8. The summed E-state index contributed by atoms with van der Waals surface area (Å²) >= 11 is 6.04. The van der Waals surface area contributed by atoms with Gasteiger partial charge in [-0.2, -0.15) is 13.2 Å². The molecular formula is C14H9ClF3N3. The van der Waals surface area contributed by atoms with E-state index in [1.165, 1.54) is 10.6 Å². The molecule has 0 unspecified atom stereocenters. The number of anilines is 1. The third-order valence-corrected chi connectivity index (χ3v) is 3.42. The van der Waals surface area contributed by atoms with Gasteiger partial charge in [0.05, 0.1) is 27.3 Å². The van der Waals surface area contributed by atoms with Gasteiger partial charge in [0.2, 0.25) is 5.95 Å². The number of benzene rings is 2. The van der Waals surface area contributed by atoms with Gasteiger partial charge in [0, 0.05) is 0 Å². The molecule has 0 aliphatic carbocycles. The summed E-state index contributed by atoms with van der Waals surface area (Å²) in [7, 11) is 0. The molecule has 3 nitrogen and oxygen atoms in total. The van der Waals surface area contributed by atoms with Crippen molar-refractivity contribution in [2.75, 3.05) is 5.73 Å². The van der Waals surface area contributed by atoms with Crippen LogP contribution in [0.5, 0.6) is 0 Å². The lowest BCUT2D eigenvalue weighted by Gasteiger charge is -2.12. The van der Waals surface area contributed by atoms with Crippen LogP contribution >= 0.6 is 11.6 Å². The third-order valence-electron chi connectivity index (χ3n) is 3.10. The number of nitrogen functional groups attached to an aromatic ring is 1. The average molecular weight is 312 g/mol. The number of aromatic nitrogens is 2. The summed E-state index contributed by atoms with van der Waals surface area (Å²) in [5, 5.41) is 0.165. The average Bonchev–Trinajstić information content (AvgIpc) is 2.74. The van der Waals surface area contributed by atoms with E-state index >= 15 is 0 Å². The lowest BCUT2D eigenvalue weighted by molar-refractivity contribution is -0.137.